The van der Waals surface area contributed by atoms with E-state index in [9.17, 15) is 0 Å². The van der Waals surface area contributed by atoms with E-state index in [4.69, 9.17) is 11.6 Å². The number of aryl methyl sites for hydroxylation is 1. The highest BCUT2D eigenvalue weighted by Gasteiger charge is 2.18. The fraction of sp³-hybridized carbons (Fsp3) is 0.294. The topological polar surface area (TPSA) is 12.0 Å². The van der Waals surface area contributed by atoms with Crippen LogP contribution in [0.2, 0.25) is 5.02 Å². The summed E-state index contributed by atoms with van der Waals surface area (Å²) in [6, 6.07) is 14.6. The first-order valence-electron chi connectivity index (χ1n) is 6.87. The van der Waals surface area contributed by atoms with Gasteiger partial charge in [0.25, 0.3) is 0 Å². The molecule has 0 spiro atoms. The second kappa shape index (κ2) is 7.26. The van der Waals surface area contributed by atoms with Crippen molar-refractivity contribution in [2.75, 3.05) is 6.54 Å². The van der Waals surface area contributed by atoms with Gasteiger partial charge in [0.1, 0.15) is 0 Å². The molecule has 106 valence electrons. The Hall–Kier alpha value is -0.830. The van der Waals surface area contributed by atoms with Gasteiger partial charge >= 0.3 is 0 Å². The molecule has 0 fully saturated rings. The Morgan fingerprint density at radius 3 is 2.55 bits per heavy atom. The summed E-state index contributed by atoms with van der Waals surface area (Å²) in [6.45, 7) is 5.22. The molecule has 0 aromatic heterocycles. The minimum atomic E-state index is 0.110. The monoisotopic (exact) mass is 351 g/mol. The fourth-order valence-corrected chi connectivity index (χ4v) is 3.22. The van der Waals surface area contributed by atoms with E-state index < -0.39 is 0 Å². The lowest BCUT2D eigenvalue weighted by molar-refractivity contribution is 0.597. The predicted molar refractivity (Wildman–Crippen MR) is 90.5 cm³/mol. The van der Waals surface area contributed by atoms with Crippen molar-refractivity contribution in [3.05, 3.63) is 68.7 Å². The van der Waals surface area contributed by atoms with Crippen molar-refractivity contribution in [3.8, 4) is 0 Å². The first-order chi connectivity index (χ1) is 9.63. The van der Waals surface area contributed by atoms with E-state index >= 15 is 0 Å². The minimum absolute atomic E-state index is 0.110. The molecular formula is C17H19BrClN. The van der Waals surface area contributed by atoms with Crippen molar-refractivity contribution in [2.45, 2.75) is 26.3 Å². The molecule has 0 saturated carbocycles. The number of rotatable bonds is 5. The van der Waals surface area contributed by atoms with Crippen molar-refractivity contribution in [2.24, 2.45) is 0 Å². The summed E-state index contributed by atoms with van der Waals surface area (Å²) < 4.78 is 1.12. The maximum atomic E-state index is 6.38. The summed E-state index contributed by atoms with van der Waals surface area (Å²) in [5.41, 5.74) is 3.58. The van der Waals surface area contributed by atoms with Crippen LogP contribution >= 0.6 is 27.5 Å². The van der Waals surface area contributed by atoms with Crippen LogP contribution in [0.15, 0.2) is 46.9 Å². The standard InChI is InChI=1S/C17H19BrClN/c1-3-10-20-17(14-6-4-5-7-16(14)19)13-9-8-12(2)11-15(13)18/h4-9,11,17,20H,3,10H2,1-2H3. The average molecular weight is 353 g/mol. The van der Waals surface area contributed by atoms with Crippen LogP contribution in [-0.2, 0) is 0 Å². The summed E-state index contributed by atoms with van der Waals surface area (Å²) in [5.74, 6) is 0. The first-order valence-corrected chi connectivity index (χ1v) is 8.04. The molecule has 0 aliphatic heterocycles. The quantitative estimate of drug-likeness (QED) is 0.749. The van der Waals surface area contributed by atoms with E-state index in [1.807, 2.05) is 18.2 Å². The second-order valence-electron chi connectivity index (χ2n) is 4.93. The zero-order valence-electron chi connectivity index (χ0n) is 11.8. The van der Waals surface area contributed by atoms with E-state index in [0.717, 1.165) is 28.0 Å². The SMILES string of the molecule is CCCNC(c1ccccc1Cl)c1ccc(C)cc1Br. The lowest BCUT2D eigenvalue weighted by Crippen LogP contribution is -2.23. The molecule has 2 aromatic rings. The number of nitrogens with one attached hydrogen (secondary N) is 1. The van der Waals surface area contributed by atoms with E-state index in [-0.39, 0.29) is 6.04 Å². The van der Waals surface area contributed by atoms with Gasteiger partial charge in [-0.25, -0.2) is 0 Å². The van der Waals surface area contributed by atoms with Crippen LogP contribution in [0.1, 0.15) is 36.1 Å². The molecule has 20 heavy (non-hydrogen) atoms. The average Bonchev–Trinajstić information content (AvgIpc) is 2.42. The van der Waals surface area contributed by atoms with Gasteiger partial charge in [-0.15, -0.1) is 0 Å². The number of hydrogen-bond acceptors (Lipinski definition) is 1. The lowest BCUT2D eigenvalue weighted by atomic mass is 9.97. The van der Waals surface area contributed by atoms with Crippen molar-refractivity contribution >= 4 is 27.5 Å². The van der Waals surface area contributed by atoms with Gasteiger partial charge in [-0.05, 0) is 48.7 Å². The highest BCUT2D eigenvalue weighted by atomic mass is 79.9. The Morgan fingerprint density at radius 1 is 1.15 bits per heavy atom. The highest BCUT2D eigenvalue weighted by molar-refractivity contribution is 9.10. The molecule has 1 nitrogen and oxygen atoms in total. The minimum Gasteiger partial charge on any atom is -0.306 e. The zero-order chi connectivity index (χ0) is 14.5. The van der Waals surface area contributed by atoms with Gasteiger partial charge in [-0.2, -0.15) is 0 Å². The third-order valence-corrected chi connectivity index (χ3v) is 4.31. The van der Waals surface area contributed by atoms with Crippen LogP contribution in [0, 0.1) is 6.92 Å². The van der Waals surface area contributed by atoms with Gasteiger partial charge in [0, 0.05) is 9.50 Å². The second-order valence-corrected chi connectivity index (χ2v) is 6.20. The van der Waals surface area contributed by atoms with Crippen LogP contribution in [-0.4, -0.2) is 6.54 Å². The number of halogens is 2. The Morgan fingerprint density at radius 2 is 1.90 bits per heavy atom. The van der Waals surface area contributed by atoms with Crippen molar-refractivity contribution in [1.29, 1.82) is 0 Å². The molecule has 0 aliphatic rings. The summed E-state index contributed by atoms with van der Waals surface area (Å²) in [5, 5.41) is 4.39. The van der Waals surface area contributed by atoms with Crippen LogP contribution in [0.4, 0.5) is 0 Å². The van der Waals surface area contributed by atoms with E-state index in [0.29, 0.717) is 0 Å². The van der Waals surface area contributed by atoms with E-state index in [1.165, 1.54) is 11.1 Å². The lowest BCUT2D eigenvalue weighted by Gasteiger charge is -2.22. The van der Waals surface area contributed by atoms with E-state index in [1.54, 1.807) is 0 Å². The molecule has 0 amide bonds. The summed E-state index contributed by atoms with van der Waals surface area (Å²) >= 11 is 10.1. The van der Waals surface area contributed by atoms with Gasteiger partial charge in [-0.1, -0.05) is 64.8 Å². The summed E-state index contributed by atoms with van der Waals surface area (Å²) in [7, 11) is 0. The molecule has 1 N–H and O–H groups in total. The third-order valence-electron chi connectivity index (χ3n) is 3.28. The van der Waals surface area contributed by atoms with Gasteiger partial charge in [-0.3, -0.25) is 0 Å². The zero-order valence-corrected chi connectivity index (χ0v) is 14.1. The van der Waals surface area contributed by atoms with Crippen LogP contribution in [0.25, 0.3) is 0 Å². The Kier molecular flexibility index (Phi) is 5.64. The number of hydrogen-bond donors (Lipinski definition) is 1. The molecule has 0 radical (unpaired) electrons. The molecule has 0 bridgehead atoms. The molecule has 2 aromatic carbocycles. The Labute approximate surface area is 134 Å². The van der Waals surface area contributed by atoms with Gasteiger partial charge in [0.15, 0.2) is 0 Å². The molecule has 0 heterocycles. The molecular weight excluding hydrogens is 334 g/mol. The largest absolute Gasteiger partial charge is 0.306 e. The molecule has 1 atom stereocenters. The fourth-order valence-electron chi connectivity index (χ4n) is 2.25. The van der Waals surface area contributed by atoms with E-state index in [2.05, 4.69) is 59.4 Å². The van der Waals surface area contributed by atoms with Crippen molar-refractivity contribution < 1.29 is 0 Å². The normalized spacial score (nSPS) is 12.4. The first kappa shape index (κ1) is 15.6. The number of benzene rings is 2. The summed E-state index contributed by atoms with van der Waals surface area (Å²) in [4.78, 5) is 0. The van der Waals surface area contributed by atoms with Crippen LogP contribution < -0.4 is 5.32 Å². The van der Waals surface area contributed by atoms with Crippen LogP contribution in [0.5, 0.6) is 0 Å². The maximum absolute atomic E-state index is 6.38. The Bertz CT molecular complexity index is 583. The molecule has 0 saturated heterocycles. The highest BCUT2D eigenvalue weighted by Crippen LogP contribution is 2.32. The molecule has 1 unspecified atom stereocenters. The molecule has 0 aliphatic carbocycles. The van der Waals surface area contributed by atoms with Crippen molar-refractivity contribution in [1.82, 2.24) is 5.32 Å². The van der Waals surface area contributed by atoms with Gasteiger partial charge in [0.05, 0.1) is 6.04 Å². The third kappa shape index (κ3) is 3.63. The Balaban J connectivity index is 2.44. The molecule has 2 rings (SSSR count). The summed E-state index contributed by atoms with van der Waals surface area (Å²) in [6.07, 6.45) is 1.09. The van der Waals surface area contributed by atoms with Gasteiger partial charge in [0.2, 0.25) is 0 Å². The van der Waals surface area contributed by atoms with Crippen LogP contribution in [0.3, 0.4) is 0 Å². The molecule has 3 heteroatoms. The van der Waals surface area contributed by atoms with Gasteiger partial charge < -0.3 is 5.32 Å². The maximum Gasteiger partial charge on any atom is 0.0602 e. The predicted octanol–water partition coefficient (Wildman–Crippen LogP) is 5.50. The smallest absolute Gasteiger partial charge is 0.0602 e. The van der Waals surface area contributed by atoms with Crippen molar-refractivity contribution in [3.63, 3.8) is 0 Å².